The van der Waals surface area contributed by atoms with E-state index in [2.05, 4.69) is 0 Å². The minimum atomic E-state index is 0.493. The Morgan fingerprint density at radius 1 is 1.08 bits per heavy atom. The molecule has 1 aromatic carbocycles. The van der Waals surface area contributed by atoms with Crippen LogP contribution >= 0.6 is 34.8 Å². The zero-order valence-electron chi connectivity index (χ0n) is 6.49. The molecule has 0 saturated heterocycles. The summed E-state index contributed by atoms with van der Waals surface area (Å²) in [6.07, 6.45) is 0.848. The summed E-state index contributed by atoms with van der Waals surface area (Å²) < 4.78 is 0. The molecule has 0 nitrogen and oxygen atoms in total. The highest BCUT2D eigenvalue weighted by Crippen LogP contribution is 2.18. The molecule has 0 aliphatic rings. The third-order valence-electron chi connectivity index (χ3n) is 1.68. The summed E-state index contributed by atoms with van der Waals surface area (Å²) in [5.74, 6) is 1.11. The molecule has 0 aromatic heterocycles. The summed E-state index contributed by atoms with van der Waals surface area (Å²) in [4.78, 5) is 0. The van der Waals surface area contributed by atoms with Crippen LogP contribution in [0.5, 0.6) is 0 Å². The summed E-state index contributed by atoms with van der Waals surface area (Å²) in [6.45, 7) is 0. The number of alkyl halides is 2. The molecule has 0 fully saturated rings. The highest BCUT2D eigenvalue weighted by Gasteiger charge is 2.01. The van der Waals surface area contributed by atoms with Gasteiger partial charge in [0.1, 0.15) is 0 Å². The van der Waals surface area contributed by atoms with Gasteiger partial charge in [0.05, 0.1) is 0 Å². The second kappa shape index (κ2) is 4.96. The number of benzene rings is 1. The lowest BCUT2D eigenvalue weighted by molar-refractivity contribution is 1.11. The third-order valence-corrected chi connectivity index (χ3v) is 2.39. The Bertz CT molecular complexity index is 258. The Balaban J connectivity index is 2.94. The molecule has 12 heavy (non-hydrogen) atoms. The van der Waals surface area contributed by atoms with Crippen LogP contribution in [0.25, 0.3) is 0 Å². The van der Waals surface area contributed by atoms with Crippen molar-refractivity contribution >= 4 is 34.8 Å². The molecule has 0 spiro atoms. The first-order valence-corrected chi connectivity index (χ1v) is 5.12. The number of halogens is 3. The van der Waals surface area contributed by atoms with E-state index in [-0.39, 0.29) is 0 Å². The van der Waals surface area contributed by atoms with E-state index in [0.29, 0.717) is 11.8 Å². The van der Waals surface area contributed by atoms with Gasteiger partial charge in [-0.15, -0.1) is 23.2 Å². The van der Waals surface area contributed by atoms with E-state index < -0.39 is 0 Å². The molecule has 66 valence electrons. The van der Waals surface area contributed by atoms with Crippen molar-refractivity contribution in [3.05, 3.63) is 34.3 Å². The maximum Gasteiger partial charge on any atom is 0.0477 e. The zero-order chi connectivity index (χ0) is 8.97. The van der Waals surface area contributed by atoms with Gasteiger partial charge < -0.3 is 0 Å². The number of aryl methyl sites for hydroxylation is 1. The summed E-state index contributed by atoms with van der Waals surface area (Å²) in [5.41, 5.74) is 2.26. The van der Waals surface area contributed by atoms with Crippen LogP contribution in [0.2, 0.25) is 5.02 Å². The van der Waals surface area contributed by atoms with Gasteiger partial charge in [0.25, 0.3) is 0 Å². The highest BCUT2D eigenvalue weighted by molar-refractivity contribution is 6.30. The molecule has 1 rings (SSSR count). The van der Waals surface area contributed by atoms with Crippen LogP contribution in [0.1, 0.15) is 11.1 Å². The first-order chi connectivity index (χ1) is 5.77. The maximum absolute atomic E-state index is 5.80. The van der Waals surface area contributed by atoms with Gasteiger partial charge in [-0.2, -0.15) is 0 Å². The van der Waals surface area contributed by atoms with Gasteiger partial charge in [0.2, 0.25) is 0 Å². The van der Waals surface area contributed by atoms with Crippen LogP contribution in [-0.4, -0.2) is 5.88 Å². The van der Waals surface area contributed by atoms with Crippen molar-refractivity contribution in [1.82, 2.24) is 0 Å². The Kier molecular flexibility index (Phi) is 4.20. The lowest BCUT2D eigenvalue weighted by atomic mass is 10.1. The third kappa shape index (κ3) is 2.55. The first kappa shape index (κ1) is 10.2. The normalized spacial score (nSPS) is 10.2. The number of hydrogen-bond donors (Lipinski definition) is 0. The molecule has 0 saturated carbocycles. The fourth-order valence-electron chi connectivity index (χ4n) is 1.06. The van der Waals surface area contributed by atoms with Crippen LogP contribution in [-0.2, 0) is 12.3 Å². The van der Waals surface area contributed by atoms with E-state index >= 15 is 0 Å². The zero-order valence-corrected chi connectivity index (χ0v) is 8.76. The smallest absolute Gasteiger partial charge is 0.0477 e. The van der Waals surface area contributed by atoms with Gasteiger partial charge in [-0.1, -0.05) is 17.7 Å². The molecule has 0 bridgehead atoms. The van der Waals surface area contributed by atoms with Crippen LogP contribution in [0, 0.1) is 0 Å². The lowest BCUT2D eigenvalue weighted by Crippen LogP contribution is -1.92. The van der Waals surface area contributed by atoms with Gasteiger partial charge in [-0.25, -0.2) is 0 Å². The topological polar surface area (TPSA) is 0 Å². The molecule has 0 heterocycles. The molecule has 0 amide bonds. The van der Waals surface area contributed by atoms with Crippen molar-refractivity contribution in [3.8, 4) is 0 Å². The largest absolute Gasteiger partial charge is 0.126 e. The monoisotopic (exact) mass is 222 g/mol. The summed E-state index contributed by atoms with van der Waals surface area (Å²) in [5, 5.41) is 0.726. The second-order valence-corrected chi connectivity index (χ2v) is 3.57. The SMILES string of the molecule is ClCCc1ccc(Cl)cc1CCl. The van der Waals surface area contributed by atoms with E-state index in [9.17, 15) is 0 Å². The van der Waals surface area contributed by atoms with Crippen molar-refractivity contribution in [3.63, 3.8) is 0 Å². The van der Waals surface area contributed by atoms with Crippen molar-refractivity contribution < 1.29 is 0 Å². The standard InChI is InChI=1S/C9H9Cl3/c10-4-3-7-1-2-9(12)5-8(7)6-11/h1-2,5H,3-4,6H2. The molecule has 0 N–H and O–H groups in total. The van der Waals surface area contributed by atoms with Gasteiger partial charge in [0.15, 0.2) is 0 Å². The van der Waals surface area contributed by atoms with Crippen LogP contribution < -0.4 is 0 Å². The Hall–Kier alpha value is 0.0900. The fraction of sp³-hybridized carbons (Fsp3) is 0.333. The van der Waals surface area contributed by atoms with E-state index in [4.69, 9.17) is 34.8 Å². The predicted octanol–water partition coefficient (Wildman–Crippen LogP) is 3.86. The quantitative estimate of drug-likeness (QED) is 0.683. The molecule has 0 atom stereocenters. The molecule has 0 unspecified atom stereocenters. The van der Waals surface area contributed by atoms with Gasteiger partial charge >= 0.3 is 0 Å². The molecular formula is C9H9Cl3. The maximum atomic E-state index is 5.80. The highest BCUT2D eigenvalue weighted by atomic mass is 35.5. The van der Waals surface area contributed by atoms with E-state index in [1.54, 1.807) is 0 Å². The van der Waals surface area contributed by atoms with Gasteiger partial charge in [0, 0.05) is 16.8 Å². The molecule has 0 radical (unpaired) electrons. The Labute approximate surface area is 87.4 Å². The molecule has 0 aliphatic heterocycles. The van der Waals surface area contributed by atoms with E-state index in [1.807, 2.05) is 18.2 Å². The van der Waals surface area contributed by atoms with Crippen molar-refractivity contribution in [1.29, 1.82) is 0 Å². The lowest BCUT2D eigenvalue weighted by Gasteiger charge is -2.04. The van der Waals surface area contributed by atoms with Gasteiger partial charge in [-0.05, 0) is 29.7 Å². The van der Waals surface area contributed by atoms with Crippen LogP contribution in [0.4, 0.5) is 0 Å². The average molecular weight is 224 g/mol. The summed E-state index contributed by atoms with van der Waals surface area (Å²) >= 11 is 17.2. The molecule has 1 aromatic rings. The van der Waals surface area contributed by atoms with Crippen molar-refractivity contribution in [2.75, 3.05) is 5.88 Å². The Morgan fingerprint density at radius 3 is 2.42 bits per heavy atom. The molecular weight excluding hydrogens is 214 g/mol. The average Bonchev–Trinajstić information content (AvgIpc) is 2.08. The van der Waals surface area contributed by atoms with E-state index in [1.165, 1.54) is 5.56 Å². The number of rotatable bonds is 3. The van der Waals surface area contributed by atoms with Crippen LogP contribution in [0.15, 0.2) is 18.2 Å². The minimum Gasteiger partial charge on any atom is -0.126 e. The molecule has 0 aliphatic carbocycles. The summed E-state index contributed by atoms with van der Waals surface area (Å²) in [7, 11) is 0. The van der Waals surface area contributed by atoms with Crippen molar-refractivity contribution in [2.45, 2.75) is 12.3 Å². The van der Waals surface area contributed by atoms with E-state index in [0.717, 1.165) is 17.0 Å². The number of hydrogen-bond acceptors (Lipinski definition) is 0. The molecule has 3 heteroatoms. The fourth-order valence-corrected chi connectivity index (χ4v) is 1.71. The minimum absolute atomic E-state index is 0.493. The summed E-state index contributed by atoms with van der Waals surface area (Å²) in [6, 6.07) is 5.72. The second-order valence-electron chi connectivity index (χ2n) is 2.49. The first-order valence-electron chi connectivity index (χ1n) is 3.67. The Morgan fingerprint density at radius 2 is 1.83 bits per heavy atom. The van der Waals surface area contributed by atoms with Crippen LogP contribution in [0.3, 0.4) is 0 Å². The van der Waals surface area contributed by atoms with Crippen molar-refractivity contribution in [2.24, 2.45) is 0 Å². The van der Waals surface area contributed by atoms with Gasteiger partial charge in [-0.3, -0.25) is 0 Å². The predicted molar refractivity (Wildman–Crippen MR) is 55.4 cm³/mol.